The Morgan fingerprint density at radius 2 is 2.04 bits per heavy atom. The van der Waals surface area contributed by atoms with Crippen LogP contribution < -0.4 is 10.5 Å². The first kappa shape index (κ1) is 21.0. The van der Waals surface area contributed by atoms with Crippen molar-refractivity contribution in [2.45, 2.75) is 18.7 Å². The maximum absolute atomic E-state index is 12.2. The number of nitrogens with zero attached hydrogens (tertiary/aromatic N) is 2. The quantitative estimate of drug-likeness (QED) is 0.284. The second-order valence-electron chi connectivity index (χ2n) is 5.01. The largest absolute Gasteiger partial charge is 0.370 e. The Hall–Kier alpha value is -0.0400. The van der Waals surface area contributed by atoms with Crippen molar-refractivity contribution in [1.82, 2.24) is 9.62 Å². The average molecular weight is 490 g/mol. The molecule has 0 aromatic carbocycles. The number of hydrogen-bond donors (Lipinski definition) is 2. The fraction of sp³-hybridized carbons (Fsp3) is 0.615. The Morgan fingerprint density at radius 3 is 2.61 bits per heavy atom. The molecular formula is C13H23IN4O2S3. The van der Waals surface area contributed by atoms with Gasteiger partial charge in [-0.1, -0.05) is 0 Å². The molecule has 23 heavy (non-hydrogen) atoms. The molecule has 6 nitrogen and oxygen atoms in total. The highest BCUT2D eigenvalue weighted by molar-refractivity contribution is 14.0. The third kappa shape index (κ3) is 6.07. The molecule has 1 aromatic rings. The Kier molecular flexibility index (Phi) is 8.63. The molecule has 0 radical (unpaired) electrons. The number of hydrogen-bond acceptors (Lipinski definition) is 5. The number of thiophene rings is 1. The van der Waals surface area contributed by atoms with Crippen LogP contribution in [0.5, 0.6) is 0 Å². The molecule has 1 fully saturated rings. The van der Waals surface area contributed by atoms with Crippen molar-refractivity contribution >= 4 is 63.1 Å². The van der Waals surface area contributed by atoms with E-state index in [1.54, 1.807) is 6.07 Å². The predicted octanol–water partition coefficient (Wildman–Crippen LogP) is 1.62. The summed E-state index contributed by atoms with van der Waals surface area (Å²) in [6.07, 6.45) is 0. The summed E-state index contributed by atoms with van der Waals surface area (Å²) in [7, 11) is -3.46. The monoisotopic (exact) mass is 490 g/mol. The van der Waals surface area contributed by atoms with Gasteiger partial charge in [-0.05, 0) is 19.9 Å². The molecule has 0 bridgehead atoms. The summed E-state index contributed by atoms with van der Waals surface area (Å²) in [5, 5.41) is 0. The fourth-order valence-corrected chi connectivity index (χ4v) is 5.67. The van der Waals surface area contributed by atoms with Gasteiger partial charge in [-0.3, -0.25) is 4.99 Å². The number of thioether (sulfide) groups is 1. The van der Waals surface area contributed by atoms with Crippen LogP contribution in [0.2, 0.25) is 0 Å². The van der Waals surface area contributed by atoms with Crippen molar-refractivity contribution in [1.29, 1.82) is 0 Å². The summed E-state index contributed by atoms with van der Waals surface area (Å²) in [5.41, 5.74) is 5.93. The van der Waals surface area contributed by atoms with Gasteiger partial charge in [-0.15, -0.1) is 35.3 Å². The molecule has 10 heteroatoms. The van der Waals surface area contributed by atoms with Crippen molar-refractivity contribution in [2.24, 2.45) is 10.7 Å². The molecule has 0 amide bonds. The zero-order chi connectivity index (χ0) is 16.2. The first-order valence-corrected chi connectivity index (χ1v) is 10.5. The lowest BCUT2D eigenvalue weighted by Gasteiger charge is -2.27. The van der Waals surface area contributed by atoms with Crippen molar-refractivity contribution < 1.29 is 8.42 Å². The summed E-state index contributed by atoms with van der Waals surface area (Å²) in [6.45, 7) is 6.12. The van der Waals surface area contributed by atoms with Crippen LogP contribution in [0.1, 0.15) is 9.75 Å². The van der Waals surface area contributed by atoms with E-state index < -0.39 is 10.0 Å². The van der Waals surface area contributed by atoms with Crippen LogP contribution in [0.25, 0.3) is 0 Å². The van der Waals surface area contributed by atoms with Gasteiger partial charge in [0.25, 0.3) is 0 Å². The second kappa shape index (κ2) is 9.44. The molecule has 0 atom stereocenters. The number of nitrogens with two attached hydrogens (primary N) is 1. The molecular weight excluding hydrogens is 467 g/mol. The number of aryl methyl sites for hydroxylation is 2. The van der Waals surface area contributed by atoms with E-state index >= 15 is 0 Å². The molecule has 1 aliphatic rings. The van der Waals surface area contributed by atoms with Gasteiger partial charge in [0, 0.05) is 40.9 Å². The van der Waals surface area contributed by atoms with Gasteiger partial charge < -0.3 is 10.6 Å². The smallest absolute Gasteiger partial charge is 0.241 e. The topological polar surface area (TPSA) is 87.8 Å². The Balaban J connectivity index is 0.00000264. The van der Waals surface area contributed by atoms with Gasteiger partial charge in [0.1, 0.15) is 0 Å². The minimum Gasteiger partial charge on any atom is -0.370 e. The number of nitrogens with one attached hydrogen (secondary N) is 1. The predicted molar refractivity (Wildman–Crippen MR) is 110 cm³/mol. The molecule has 1 aliphatic heterocycles. The molecule has 132 valence electrons. The highest BCUT2D eigenvalue weighted by atomic mass is 127. The van der Waals surface area contributed by atoms with Crippen LogP contribution in [0.15, 0.2) is 16.0 Å². The molecule has 3 N–H and O–H groups in total. The van der Waals surface area contributed by atoms with Gasteiger partial charge in [-0.25, -0.2) is 13.1 Å². The van der Waals surface area contributed by atoms with Crippen molar-refractivity contribution in [3.63, 3.8) is 0 Å². The van der Waals surface area contributed by atoms with Gasteiger partial charge in [-0.2, -0.15) is 11.8 Å². The summed E-state index contributed by atoms with van der Waals surface area (Å²) < 4.78 is 27.0. The standard InChI is InChI=1S/C13H22N4O2S3.HI/c1-10-9-12(11(2)21-10)22(18,19)16-4-3-15-13(14)17-5-7-20-8-6-17;/h9,16H,3-8H2,1-2H3,(H2,14,15);1H. The molecule has 2 rings (SSSR count). The second-order valence-corrected chi connectivity index (χ2v) is 9.44. The number of rotatable bonds is 5. The lowest BCUT2D eigenvalue weighted by atomic mass is 10.4. The van der Waals surface area contributed by atoms with Crippen LogP contribution in [0, 0.1) is 13.8 Å². The van der Waals surface area contributed by atoms with E-state index in [1.807, 2.05) is 30.5 Å². The third-order valence-corrected chi connectivity index (χ3v) is 6.92. The van der Waals surface area contributed by atoms with E-state index in [2.05, 4.69) is 9.71 Å². The number of guanidine groups is 1. The van der Waals surface area contributed by atoms with E-state index in [1.165, 1.54) is 11.3 Å². The maximum Gasteiger partial charge on any atom is 0.241 e. The van der Waals surface area contributed by atoms with Crippen LogP contribution >= 0.6 is 47.1 Å². The van der Waals surface area contributed by atoms with Crippen molar-refractivity contribution in [2.75, 3.05) is 37.7 Å². The van der Waals surface area contributed by atoms with E-state index in [4.69, 9.17) is 5.73 Å². The van der Waals surface area contributed by atoms with Crippen molar-refractivity contribution in [3.8, 4) is 0 Å². The first-order chi connectivity index (χ1) is 10.4. The Morgan fingerprint density at radius 1 is 1.39 bits per heavy atom. The number of halogens is 1. The molecule has 0 aliphatic carbocycles. The zero-order valence-electron chi connectivity index (χ0n) is 13.2. The summed E-state index contributed by atoms with van der Waals surface area (Å²) >= 11 is 3.39. The number of aliphatic imine (C=N–C) groups is 1. The van der Waals surface area contributed by atoms with Gasteiger partial charge in [0.05, 0.1) is 11.4 Å². The molecule has 1 aromatic heterocycles. The molecule has 0 spiro atoms. The molecule has 2 heterocycles. The highest BCUT2D eigenvalue weighted by Gasteiger charge is 2.18. The lowest BCUT2D eigenvalue weighted by molar-refractivity contribution is 0.456. The zero-order valence-corrected chi connectivity index (χ0v) is 18.0. The van der Waals surface area contributed by atoms with E-state index in [0.29, 0.717) is 17.4 Å². The fourth-order valence-electron chi connectivity index (χ4n) is 2.19. The van der Waals surface area contributed by atoms with Gasteiger partial charge in [0.15, 0.2) is 5.96 Å². The summed E-state index contributed by atoms with van der Waals surface area (Å²) in [4.78, 5) is 8.45. The number of sulfonamides is 1. The minimum absolute atomic E-state index is 0. The SMILES string of the molecule is Cc1cc(S(=O)(=O)NCCN=C(N)N2CCSCC2)c(C)s1.I. The van der Waals surface area contributed by atoms with Crippen LogP contribution in [0.4, 0.5) is 0 Å². The summed E-state index contributed by atoms with van der Waals surface area (Å²) in [6, 6.07) is 1.70. The van der Waals surface area contributed by atoms with Crippen LogP contribution in [-0.4, -0.2) is 57.0 Å². The highest BCUT2D eigenvalue weighted by Crippen LogP contribution is 2.24. The lowest BCUT2D eigenvalue weighted by Crippen LogP contribution is -2.43. The van der Waals surface area contributed by atoms with Crippen LogP contribution in [-0.2, 0) is 10.0 Å². The Bertz CT molecular complexity index is 640. The van der Waals surface area contributed by atoms with E-state index in [0.717, 1.165) is 34.3 Å². The Labute approximate surface area is 163 Å². The summed E-state index contributed by atoms with van der Waals surface area (Å²) in [5.74, 6) is 2.61. The van der Waals surface area contributed by atoms with Crippen molar-refractivity contribution in [3.05, 3.63) is 15.8 Å². The van der Waals surface area contributed by atoms with E-state index in [-0.39, 0.29) is 30.5 Å². The third-order valence-electron chi connectivity index (χ3n) is 3.30. The first-order valence-electron chi connectivity index (χ1n) is 7.09. The molecule has 0 saturated carbocycles. The molecule has 0 unspecified atom stereocenters. The molecule has 1 saturated heterocycles. The van der Waals surface area contributed by atoms with Crippen LogP contribution in [0.3, 0.4) is 0 Å². The maximum atomic E-state index is 12.2. The van der Waals surface area contributed by atoms with E-state index in [9.17, 15) is 8.42 Å². The van der Waals surface area contributed by atoms with Gasteiger partial charge in [0.2, 0.25) is 10.0 Å². The average Bonchev–Trinajstić information content (AvgIpc) is 2.84. The minimum atomic E-state index is -3.46. The normalized spacial score (nSPS) is 16.3. The van der Waals surface area contributed by atoms with Gasteiger partial charge >= 0.3 is 0 Å².